The minimum absolute atomic E-state index is 0.00144. The summed E-state index contributed by atoms with van der Waals surface area (Å²) >= 11 is 0. The Labute approximate surface area is 137 Å². The van der Waals surface area contributed by atoms with Gasteiger partial charge in [0.1, 0.15) is 5.60 Å². The summed E-state index contributed by atoms with van der Waals surface area (Å²) in [5, 5.41) is 0. The molecule has 0 aliphatic carbocycles. The van der Waals surface area contributed by atoms with E-state index < -0.39 is 15.7 Å². The number of fused-ring (bicyclic) bond motifs is 1. The molecule has 1 aliphatic rings. The molecule has 0 saturated carbocycles. The molecule has 0 atom stereocenters. The van der Waals surface area contributed by atoms with Crippen molar-refractivity contribution in [3.05, 3.63) is 34.9 Å². The van der Waals surface area contributed by atoms with E-state index in [1.54, 1.807) is 4.90 Å². The van der Waals surface area contributed by atoms with E-state index in [0.717, 1.165) is 29.4 Å². The van der Waals surface area contributed by atoms with Crippen LogP contribution in [0.25, 0.3) is 0 Å². The number of ether oxygens (including phenoxy) is 1. The number of benzene rings is 1. The summed E-state index contributed by atoms with van der Waals surface area (Å²) in [4.78, 5) is 13.8. The number of nitrogens with zero attached hydrogens (tertiary/aromatic N) is 1. The molecule has 0 spiro atoms. The lowest BCUT2D eigenvalue weighted by atomic mass is 9.98. The molecule has 0 aromatic heterocycles. The van der Waals surface area contributed by atoms with Crippen molar-refractivity contribution in [2.75, 3.05) is 12.8 Å². The fourth-order valence-electron chi connectivity index (χ4n) is 2.36. The Kier molecular flexibility index (Phi) is 5.01. The Hall–Kier alpha value is -1.60. The Morgan fingerprint density at radius 3 is 2.57 bits per heavy atom. The van der Waals surface area contributed by atoms with Gasteiger partial charge in [0.05, 0.1) is 12.9 Å². The van der Waals surface area contributed by atoms with Crippen molar-refractivity contribution in [1.82, 2.24) is 4.90 Å². The van der Waals surface area contributed by atoms with E-state index in [9.17, 15) is 13.2 Å². The summed E-state index contributed by atoms with van der Waals surface area (Å²) in [6, 6.07) is 5.70. The first-order valence-electron chi connectivity index (χ1n) is 7.46. The number of amides is 1. The van der Waals surface area contributed by atoms with Gasteiger partial charge in [-0.2, -0.15) is 8.42 Å². The van der Waals surface area contributed by atoms with Crippen LogP contribution in [-0.4, -0.2) is 37.8 Å². The molecule has 2 rings (SSSR count). The van der Waals surface area contributed by atoms with Crippen LogP contribution in [0, 0.1) is 0 Å². The molecule has 1 amide bonds. The van der Waals surface area contributed by atoms with Crippen molar-refractivity contribution < 1.29 is 22.1 Å². The predicted molar refractivity (Wildman–Crippen MR) is 86.4 cm³/mol. The molecular formula is C16H23NO5S. The van der Waals surface area contributed by atoms with Crippen LogP contribution in [0.15, 0.2) is 18.2 Å². The summed E-state index contributed by atoms with van der Waals surface area (Å²) in [7, 11) is -3.47. The fraction of sp³-hybridized carbons (Fsp3) is 0.562. The highest BCUT2D eigenvalue weighted by Crippen LogP contribution is 2.22. The van der Waals surface area contributed by atoms with Crippen LogP contribution in [-0.2, 0) is 38.6 Å². The first-order chi connectivity index (χ1) is 10.5. The largest absolute Gasteiger partial charge is 0.444 e. The summed E-state index contributed by atoms with van der Waals surface area (Å²) in [6.45, 7) is 6.58. The van der Waals surface area contributed by atoms with E-state index in [1.807, 2.05) is 39.0 Å². The van der Waals surface area contributed by atoms with E-state index in [-0.39, 0.29) is 12.7 Å². The molecule has 0 N–H and O–H groups in total. The SMILES string of the molecule is CC(C)(C)OC(=O)N1CCc2ccc(COS(C)(=O)=O)cc2C1. The zero-order valence-corrected chi connectivity index (χ0v) is 14.8. The Morgan fingerprint density at radius 2 is 1.96 bits per heavy atom. The fourth-order valence-corrected chi connectivity index (χ4v) is 2.71. The van der Waals surface area contributed by atoms with Gasteiger partial charge in [0, 0.05) is 13.1 Å². The second kappa shape index (κ2) is 6.49. The van der Waals surface area contributed by atoms with E-state index in [4.69, 9.17) is 8.92 Å². The lowest BCUT2D eigenvalue weighted by molar-refractivity contribution is 0.0224. The molecule has 0 unspecified atom stereocenters. The third-order valence-corrected chi connectivity index (χ3v) is 3.92. The average Bonchev–Trinajstić information content (AvgIpc) is 2.41. The molecule has 128 valence electrons. The first kappa shape index (κ1) is 17.7. The van der Waals surface area contributed by atoms with Crippen LogP contribution in [0.5, 0.6) is 0 Å². The van der Waals surface area contributed by atoms with Crippen LogP contribution in [0.4, 0.5) is 4.79 Å². The van der Waals surface area contributed by atoms with Gasteiger partial charge < -0.3 is 9.64 Å². The molecule has 1 aromatic rings. The third-order valence-electron chi connectivity index (χ3n) is 3.37. The minimum atomic E-state index is -3.47. The lowest BCUT2D eigenvalue weighted by Crippen LogP contribution is -2.39. The standard InChI is InChI=1S/C16H23NO5S/c1-16(2,3)22-15(18)17-8-7-13-6-5-12(9-14(13)10-17)11-21-23(4,19)20/h5-6,9H,7-8,10-11H2,1-4H3. The molecule has 0 saturated heterocycles. The first-order valence-corrected chi connectivity index (χ1v) is 9.28. The lowest BCUT2D eigenvalue weighted by Gasteiger charge is -2.31. The van der Waals surface area contributed by atoms with Crippen molar-refractivity contribution in [2.24, 2.45) is 0 Å². The molecule has 1 heterocycles. The summed E-state index contributed by atoms with van der Waals surface area (Å²) in [6.07, 6.45) is 1.44. The maximum atomic E-state index is 12.2. The quantitative estimate of drug-likeness (QED) is 0.790. The van der Waals surface area contributed by atoms with Gasteiger partial charge in [0.15, 0.2) is 0 Å². The molecule has 1 aliphatic heterocycles. The zero-order chi connectivity index (χ0) is 17.3. The van der Waals surface area contributed by atoms with Crippen molar-refractivity contribution in [3.63, 3.8) is 0 Å². The highest BCUT2D eigenvalue weighted by atomic mass is 32.2. The summed E-state index contributed by atoms with van der Waals surface area (Å²) in [5.41, 5.74) is 2.40. The summed E-state index contributed by atoms with van der Waals surface area (Å²) < 4.78 is 32.4. The van der Waals surface area contributed by atoms with Crippen LogP contribution >= 0.6 is 0 Å². The number of hydrogen-bond donors (Lipinski definition) is 0. The van der Waals surface area contributed by atoms with E-state index in [1.165, 1.54) is 0 Å². The molecule has 6 nitrogen and oxygen atoms in total. The molecule has 0 radical (unpaired) electrons. The van der Waals surface area contributed by atoms with Crippen LogP contribution in [0.2, 0.25) is 0 Å². The van der Waals surface area contributed by atoms with Gasteiger partial charge in [-0.3, -0.25) is 4.18 Å². The average molecular weight is 341 g/mol. The minimum Gasteiger partial charge on any atom is -0.444 e. The van der Waals surface area contributed by atoms with Crippen molar-refractivity contribution in [1.29, 1.82) is 0 Å². The van der Waals surface area contributed by atoms with Gasteiger partial charge in [0.25, 0.3) is 10.1 Å². The van der Waals surface area contributed by atoms with Gasteiger partial charge in [-0.25, -0.2) is 4.79 Å². The molecule has 1 aromatic carbocycles. The molecule has 23 heavy (non-hydrogen) atoms. The molecular weight excluding hydrogens is 318 g/mol. The van der Waals surface area contributed by atoms with E-state index >= 15 is 0 Å². The zero-order valence-electron chi connectivity index (χ0n) is 14.0. The second-order valence-electron chi connectivity index (χ2n) is 6.72. The maximum Gasteiger partial charge on any atom is 0.410 e. The van der Waals surface area contributed by atoms with Gasteiger partial charge in [-0.15, -0.1) is 0 Å². The van der Waals surface area contributed by atoms with E-state index in [2.05, 4.69) is 0 Å². The highest BCUT2D eigenvalue weighted by molar-refractivity contribution is 7.85. The van der Waals surface area contributed by atoms with E-state index in [0.29, 0.717) is 13.1 Å². The maximum absolute atomic E-state index is 12.2. The van der Waals surface area contributed by atoms with Crippen molar-refractivity contribution >= 4 is 16.2 Å². The Bertz CT molecular complexity index is 691. The van der Waals surface area contributed by atoms with Crippen molar-refractivity contribution in [2.45, 2.75) is 45.9 Å². The molecule has 7 heteroatoms. The van der Waals surface area contributed by atoms with Gasteiger partial charge >= 0.3 is 6.09 Å². The topological polar surface area (TPSA) is 72.9 Å². The Morgan fingerprint density at radius 1 is 1.26 bits per heavy atom. The third kappa shape index (κ3) is 5.51. The van der Waals surface area contributed by atoms with Crippen molar-refractivity contribution in [3.8, 4) is 0 Å². The van der Waals surface area contributed by atoms with Gasteiger partial charge in [-0.1, -0.05) is 18.2 Å². The number of hydrogen-bond acceptors (Lipinski definition) is 5. The van der Waals surface area contributed by atoms with Crippen LogP contribution in [0.3, 0.4) is 0 Å². The second-order valence-corrected chi connectivity index (χ2v) is 8.37. The smallest absolute Gasteiger partial charge is 0.410 e. The Balaban J connectivity index is 2.08. The highest BCUT2D eigenvalue weighted by Gasteiger charge is 2.25. The van der Waals surface area contributed by atoms with Gasteiger partial charge in [-0.05, 0) is 43.9 Å². The monoisotopic (exact) mass is 341 g/mol. The van der Waals surface area contributed by atoms with Crippen LogP contribution in [0.1, 0.15) is 37.5 Å². The molecule has 0 fully saturated rings. The van der Waals surface area contributed by atoms with Gasteiger partial charge in [0.2, 0.25) is 0 Å². The normalized spacial score (nSPS) is 15.2. The number of rotatable bonds is 3. The number of carbonyl (C=O) groups excluding carboxylic acids is 1. The number of carbonyl (C=O) groups is 1. The van der Waals surface area contributed by atoms with Crippen LogP contribution < -0.4 is 0 Å². The predicted octanol–water partition coefficient (Wildman–Crippen LogP) is 2.46. The summed E-state index contributed by atoms with van der Waals surface area (Å²) in [5.74, 6) is 0. The molecule has 0 bridgehead atoms.